The van der Waals surface area contributed by atoms with Gasteiger partial charge in [0.25, 0.3) is 0 Å². The second-order valence-electron chi connectivity index (χ2n) is 11.2. The first-order valence-electron chi connectivity index (χ1n) is 14.4. The molecular weight excluding hydrogens is 524 g/mol. The van der Waals surface area contributed by atoms with Crippen LogP contribution in [0.1, 0.15) is 63.1 Å². The fourth-order valence-corrected chi connectivity index (χ4v) is 6.49. The number of hydrogen-bond donors (Lipinski definition) is 1. The van der Waals surface area contributed by atoms with Crippen molar-refractivity contribution in [3.8, 4) is 0 Å². The minimum absolute atomic E-state index is 0.0323. The fourth-order valence-electron chi connectivity index (χ4n) is 5.03. The monoisotopic (exact) mass is 570 g/mol. The predicted octanol–water partition coefficient (Wildman–Crippen LogP) is 5.42. The molecular formula is C31H46N4O4S. The first-order chi connectivity index (χ1) is 19.0. The minimum atomic E-state index is -3.54. The van der Waals surface area contributed by atoms with Crippen molar-refractivity contribution in [2.24, 2.45) is 5.92 Å². The van der Waals surface area contributed by atoms with Crippen LogP contribution in [-0.4, -0.2) is 72.4 Å². The van der Waals surface area contributed by atoms with Crippen molar-refractivity contribution in [1.82, 2.24) is 14.1 Å². The number of sulfonamides is 1. The van der Waals surface area contributed by atoms with Gasteiger partial charge in [-0.25, -0.2) is 13.2 Å². The maximum absolute atomic E-state index is 13.9. The molecule has 1 aliphatic rings. The molecule has 220 valence electrons. The third kappa shape index (κ3) is 8.80. The van der Waals surface area contributed by atoms with E-state index in [1.165, 1.54) is 4.31 Å². The third-order valence-corrected chi connectivity index (χ3v) is 9.65. The smallest absolute Gasteiger partial charge is 0.321 e. The Balaban J connectivity index is 1.76. The molecule has 0 saturated carbocycles. The van der Waals surface area contributed by atoms with Crippen LogP contribution in [0.5, 0.6) is 0 Å². The molecule has 0 aliphatic carbocycles. The minimum Gasteiger partial charge on any atom is -0.334 e. The number of rotatable bonds is 12. The van der Waals surface area contributed by atoms with Gasteiger partial charge >= 0.3 is 6.03 Å². The van der Waals surface area contributed by atoms with E-state index in [-0.39, 0.29) is 30.3 Å². The molecule has 0 radical (unpaired) electrons. The highest BCUT2D eigenvalue weighted by Crippen LogP contribution is 2.23. The van der Waals surface area contributed by atoms with Crippen molar-refractivity contribution < 1.29 is 18.0 Å². The zero-order valence-corrected chi connectivity index (χ0v) is 25.5. The summed E-state index contributed by atoms with van der Waals surface area (Å²) in [5.74, 6) is 0.173. The highest BCUT2D eigenvalue weighted by molar-refractivity contribution is 7.89. The van der Waals surface area contributed by atoms with Crippen LogP contribution in [0.15, 0.2) is 48.5 Å². The molecule has 1 N–H and O–H groups in total. The van der Waals surface area contributed by atoms with Crippen molar-refractivity contribution in [2.45, 2.75) is 72.9 Å². The van der Waals surface area contributed by atoms with Crippen LogP contribution in [0.4, 0.5) is 10.5 Å². The summed E-state index contributed by atoms with van der Waals surface area (Å²) in [6.45, 7) is 11.6. The lowest BCUT2D eigenvalue weighted by molar-refractivity contribution is -0.135. The van der Waals surface area contributed by atoms with E-state index in [2.05, 4.69) is 19.2 Å². The maximum Gasteiger partial charge on any atom is 0.321 e. The highest BCUT2D eigenvalue weighted by atomic mass is 32.2. The van der Waals surface area contributed by atoms with E-state index < -0.39 is 10.0 Å². The second-order valence-corrected chi connectivity index (χ2v) is 13.3. The molecule has 9 heteroatoms. The zero-order valence-electron chi connectivity index (χ0n) is 24.7. The molecule has 0 bridgehead atoms. The van der Waals surface area contributed by atoms with Crippen molar-refractivity contribution >= 4 is 27.6 Å². The molecule has 2 aromatic carbocycles. The average Bonchev–Trinajstić information content (AvgIpc) is 2.91. The number of urea groups is 1. The Kier molecular flexibility index (Phi) is 11.6. The molecule has 2 aromatic rings. The van der Waals surface area contributed by atoms with Crippen LogP contribution < -0.4 is 5.32 Å². The van der Waals surface area contributed by atoms with Gasteiger partial charge in [0.15, 0.2) is 0 Å². The standard InChI is InChI=1S/C31H46N4O4S/c1-6-21-40(38,39)34(20-15-24(2)3)23-30(36)35(22-27-13-9-7-11-25(27)4)28-16-18-33(19-17-28)31(37)32-29-14-10-8-12-26(29)5/h7-14,24,28H,6,15-23H2,1-5H3,(H,32,37). The highest BCUT2D eigenvalue weighted by Gasteiger charge is 2.33. The van der Waals surface area contributed by atoms with Crippen LogP contribution in [0, 0.1) is 19.8 Å². The Morgan fingerprint density at radius 3 is 2.23 bits per heavy atom. The molecule has 1 heterocycles. The SMILES string of the molecule is CCCS(=O)(=O)N(CCC(C)C)CC(=O)N(Cc1ccccc1C)C1CCN(C(=O)Nc2ccccc2C)CC1. The summed E-state index contributed by atoms with van der Waals surface area (Å²) in [4.78, 5) is 30.5. The third-order valence-electron chi connectivity index (χ3n) is 7.62. The summed E-state index contributed by atoms with van der Waals surface area (Å²) in [5.41, 5.74) is 3.92. The van der Waals surface area contributed by atoms with Crippen molar-refractivity contribution in [3.05, 3.63) is 65.2 Å². The van der Waals surface area contributed by atoms with Gasteiger partial charge in [-0.1, -0.05) is 63.2 Å². The van der Waals surface area contributed by atoms with E-state index in [0.29, 0.717) is 57.8 Å². The van der Waals surface area contributed by atoms with E-state index in [1.54, 1.807) is 4.90 Å². The summed E-state index contributed by atoms with van der Waals surface area (Å²) in [6.07, 6.45) is 2.46. The zero-order chi connectivity index (χ0) is 29.3. The molecule has 0 spiro atoms. The van der Waals surface area contributed by atoms with Gasteiger partial charge in [-0.2, -0.15) is 4.31 Å². The average molecular weight is 571 g/mol. The Labute approximate surface area is 240 Å². The van der Waals surface area contributed by atoms with E-state index in [0.717, 1.165) is 22.4 Å². The Morgan fingerprint density at radius 2 is 1.62 bits per heavy atom. The van der Waals surface area contributed by atoms with Gasteiger partial charge in [0, 0.05) is 37.9 Å². The molecule has 1 aliphatic heterocycles. The fraction of sp³-hybridized carbons (Fsp3) is 0.548. The predicted molar refractivity (Wildman–Crippen MR) is 162 cm³/mol. The molecule has 0 atom stereocenters. The van der Waals surface area contributed by atoms with Crippen LogP contribution in [-0.2, 0) is 21.4 Å². The van der Waals surface area contributed by atoms with Crippen LogP contribution in [0.25, 0.3) is 0 Å². The lowest BCUT2D eigenvalue weighted by Gasteiger charge is -2.39. The molecule has 0 unspecified atom stereocenters. The summed E-state index contributed by atoms with van der Waals surface area (Å²) in [5, 5.41) is 3.00. The molecule has 8 nitrogen and oxygen atoms in total. The maximum atomic E-state index is 13.9. The summed E-state index contributed by atoms with van der Waals surface area (Å²) >= 11 is 0. The molecule has 1 saturated heterocycles. The summed E-state index contributed by atoms with van der Waals surface area (Å²) in [6, 6.07) is 15.4. The van der Waals surface area contributed by atoms with Gasteiger partial charge in [-0.3, -0.25) is 4.79 Å². The number of amides is 3. The van der Waals surface area contributed by atoms with Crippen molar-refractivity contribution in [2.75, 3.05) is 37.2 Å². The van der Waals surface area contributed by atoms with Crippen LogP contribution >= 0.6 is 0 Å². The first kappa shape index (κ1) is 31.6. The quantitative estimate of drug-likeness (QED) is 0.369. The number of nitrogens with one attached hydrogen (secondary N) is 1. The van der Waals surface area contributed by atoms with Gasteiger partial charge < -0.3 is 15.1 Å². The summed E-state index contributed by atoms with van der Waals surface area (Å²) in [7, 11) is -3.54. The normalized spacial score (nSPS) is 14.5. The van der Waals surface area contributed by atoms with Gasteiger partial charge in [0.05, 0.1) is 12.3 Å². The molecule has 1 fully saturated rings. The van der Waals surface area contributed by atoms with Crippen LogP contribution in [0.2, 0.25) is 0 Å². The van der Waals surface area contributed by atoms with Gasteiger partial charge in [-0.05, 0) is 68.2 Å². The topological polar surface area (TPSA) is 90.0 Å². The largest absolute Gasteiger partial charge is 0.334 e. The van der Waals surface area contributed by atoms with Gasteiger partial charge in [-0.15, -0.1) is 0 Å². The number of benzene rings is 2. The number of carbonyl (C=O) groups excluding carboxylic acids is 2. The molecule has 3 amide bonds. The lowest BCUT2D eigenvalue weighted by atomic mass is 10.0. The number of aryl methyl sites for hydroxylation is 2. The number of hydrogen-bond acceptors (Lipinski definition) is 4. The van der Waals surface area contributed by atoms with Crippen LogP contribution in [0.3, 0.4) is 0 Å². The second kappa shape index (κ2) is 14.6. The Hall–Kier alpha value is -2.91. The molecule has 40 heavy (non-hydrogen) atoms. The number of likely N-dealkylation sites (tertiary alicyclic amines) is 1. The number of carbonyl (C=O) groups is 2. The van der Waals surface area contributed by atoms with E-state index in [4.69, 9.17) is 0 Å². The Morgan fingerprint density at radius 1 is 1.00 bits per heavy atom. The van der Waals surface area contributed by atoms with E-state index in [9.17, 15) is 18.0 Å². The lowest BCUT2D eigenvalue weighted by Crippen LogP contribution is -2.52. The summed E-state index contributed by atoms with van der Waals surface area (Å²) < 4.78 is 27.6. The Bertz CT molecular complexity index is 1240. The number of nitrogens with zero attached hydrogens (tertiary/aromatic N) is 3. The van der Waals surface area contributed by atoms with Gasteiger partial charge in [0.1, 0.15) is 0 Å². The molecule has 0 aromatic heterocycles. The van der Waals surface area contributed by atoms with E-state index in [1.807, 2.05) is 74.2 Å². The number of para-hydroxylation sites is 1. The number of piperidine rings is 1. The van der Waals surface area contributed by atoms with E-state index >= 15 is 0 Å². The van der Waals surface area contributed by atoms with Gasteiger partial charge in [0.2, 0.25) is 15.9 Å². The van der Waals surface area contributed by atoms with Crippen molar-refractivity contribution in [3.63, 3.8) is 0 Å². The van der Waals surface area contributed by atoms with Crippen molar-refractivity contribution in [1.29, 1.82) is 0 Å². The molecule has 3 rings (SSSR count). The number of anilines is 1. The first-order valence-corrected chi connectivity index (χ1v) is 16.1.